The van der Waals surface area contributed by atoms with E-state index in [1.165, 1.54) is 12.1 Å². The molecule has 2 rings (SSSR count). The van der Waals surface area contributed by atoms with Crippen molar-refractivity contribution in [1.82, 2.24) is 0 Å². The number of hydrogen-bond acceptors (Lipinski definition) is 2. The summed E-state index contributed by atoms with van der Waals surface area (Å²) < 4.78 is 18.8. The fourth-order valence-corrected chi connectivity index (χ4v) is 1.75. The van der Waals surface area contributed by atoms with Crippen LogP contribution in [0.15, 0.2) is 48.5 Å². The Kier molecular flexibility index (Phi) is 4.26. The zero-order chi connectivity index (χ0) is 13.7. The third-order valence-electron chi connectivity index (χ3n) is 2.65. The number of benzene rings is 2. The standard InChI is InChI=1S/C15H15FN2O/c16-14-7-12(6-13(8-14)15(17)18)10-19-9-11-4-2-1-3-5-11/h1-8H,9-10H2,(H3,17,18). The number of nitrogens with one attached hydrogen (secondary N) is 1. The van der Waals surface area contributed by atoms with Gasteiger partial charge in [0, 0.05) is 5.56 Å². The van der Waals surface area contributed by atoms with Gasteiger partial charge in [-0.05, 0) is 29.3 Å². The normalized spacial score (nSPS) is 10.4. The van der Waals surface area contributed by atoms with Gasteiger partial charge in [-0.3, -0.25) is 5.41 Å². The molecule has 0 saturated heterocycles. The lowest BCUT2D eigenvalue weighted by molar-refractivity contribution is 0.107. The van der Waals surface area contributed by atoms with Crippen LogP contribution < -0.4 is 5.73 Å². The minimum absolute atomic E-state index is 0.149. The minimum Gasteiger partial charge on any atom is -0.384 e. The smallest absolute Gasteiger partial charge is 0.124 e. The lowest BCUT2D eigenvalue weighted by Gasteiger charge is -2.07. The molecule has 0 bridgehead atoms. The van der Waals surface area contributed by atoms with Crippen LogP contribution in [-0.4, -0.2) is 5.84 Å². The molecular weight excluding hydrogens is 243 g/mol. The fraction of sp³-hybridized carbons (Fsp3) is 0.133. The van der Waals surface area contributed by atoms with E-state index < -0.39 is 5.82 Å². The largest absolute Gasteiger partial charge is 0.384 e. The third-order valence-corrected chi connectivity index (χ3v) is 2.65. The Labute approximate surface area is 111 Å². The molecule has 0 radical (unpaired) electrons. The monoisotopic (exact) mass is 258 g/mol. The van der Waals surface area contributed by atoms with Crippen molar-refractivity contribution in [1.29, 1.82) is 5.41 Å². The number of ether oxygens (including phenoxy) is 1. The molecule has 0 unspecified atom stereocenters. The molecule has 0 aliphatic heterocycles. The Morgan fingerprint density at radius 2 is 1.74 bits per heavy atom. The van der Waals surface area contributed by atoms with Crippen LogP contribution in [0.4, 0.5) is 4.39 Å². The van der Waals surface area contributed by atoms with E-state index in [9.17, 15) is 4.39 Å². The van der Waals surface area contributed by atoms with Crippen LogP contribution in [0, 0.1) is 11.2 Å². The molecule has 0 atom stereocenters. The Morgan fingerprint density at radius 3 is 2.42 bits per heavy atom. The Hall–Kier alpha value is -2.20. The zero-order valence-electron chi connectivity index (χ0n) is 10.4. The Bertz CT molecular complexity index is 570. The van der Waals surface area contributed by atoms with Gasteiger partial charge in [0.2, 0.25) is 0 Å². The number of amidine groups is 1. The first-order chi connectivity index (χ1) is 9.15. The summed E-state index contributed by atoms with van der Waals surface area (Å²) in [6.07, 6.45) is 0. The molecule has 19 heavy (non-hydrogen) atoms. The molecule has 0 saturated carbocycles. The number of nitrogens with two attached hydrogens (primary N) is 1. The lowest BCUT2D eigenvalue weighted by Crippen LogP contribution is -2.12. The average molecular weight is 258 g/mol. The molecule has 0 aliphatic rings. The van der Waals surface area contributed by atoms with Crippen molar-refractivity contribution in [3.05, 3.63) is 71.0 Å². The van der Waals surface area contributed by atoms with Crippen molar-refractivity contribution < 1.29 is 9.13 Å². The number of rotatable bonds is 5. The van der Waals surface area contributed by atoms with E-state index >= 15 is 0 Å². The summed E-state index contributed by atoms with van der Waals surface area (Å²) in [5.41, 5.74) is 7.45. The summed E-state index contributed by atoms with van der Waals surface area (Å²) in [6, 6.07) is 14.0. The summed E-state index contributed by atoms with van der Waals surface area (Å²) in [4.78, 5) is 0. The number of halogens is 1. The predicted octanol–water partition coefficient (Wildman–Crippen LogP) is 2.83. The highest BCUT2D eigenvalue weighted by molar-refractivity contribution is 5.95. The lowest BCUT2D eigenvalue weighted by atomic mass is 10.1. The van der Waals surface area contributed by atoms with Gasteiger partial charge in [-0.2, -0.15) is 0 Å². The van der Waals surface area contributed by atoms with Crippen molar-refractivity contribution in [2.45, 2.75) is 13.2 Å². The maximum atomic E-state index is 13.3. The van der Waals surface area contributed by atoms with E-state index in [2.05, 4.69) is 0 Å². The second kappa shape index (κ2) is 6.11. The van der Waals surface area contributed by atoms with Crippen LogP contribution in [0.2, 0.25) is 0 Å². The highest BCUT2D eigenvalue weighted by atomic mass is 19.1. The van der Waals surface area contributed by atoms with E-state index in [4.69, 9.17) is 15.9 Å². The molecule has 2 aromatic carbocycles. The van der Waals surface area contributed by atoms with Crippen molar-refractivity contribution in [3.63, 3.8) is 0 Å². The van der Waals surface area contributed by atoms with Crippen LogP contribution in [0.25, 0.3) is 0 Å². The molecule has 2 aromatic rings. The van der Waals surface area contributed by atoms with Crippen molar-refractivity contribution in [2.24, 2.45) is 5.73 Å². The molecule has 3 N–H and O–H groups in total. The summed E-state index contributed by atoms with van der Waals surface area (Å²) >= 11 is 0. The predicted molar refractivity (Wildman–Crippen MR) is 72.4 cm³/mol. The zero-order valence-corrected chi connectivity index (χ0v) is 10.4. The van der Waals surface area contributed by atoms with Gasteiger partial charge in [0.25, 0.3) is 0 Å². The van der Waals surface area contributed by atoms with E-state index in [0.29, 0.717) is 17.7 Å². The van der Waals surface area contributed by atoms with Gasteiger partial charge in [-0.25, -0.2) is 4.39 Å². The minimum atomic E-state index is -0.411. The quantitative estimate of drug-likeness (QED) is 0.640. The van der Waals surface area contributed by atoms with E-state index in [1.807, 2.05) is 30.3 Å². The summed E-state index contributed by atoms with van der Waals surface area (Å²) in [7, 11) is 0. The fourth-order valence-electron chi connectivity index (χ4n) is 1.75. The molecule has 0 spiro atoms. The first-order valence-electron chi connectivity index (χ1n) is 5.90. The first kappa shape index (κ1) is 13.2. The Balaban J connectivity index is 1.98. The van der Waals surface area contributed by atoms with Crippen LogP contribution in [0.1, 0.15) is 16.7 Å². The summed E-state index contributed by atoms with van der Waals surface area (Å²) in [5, 5.41) is 7.31. The highest BCUT2D eigenvalue weighted by Gasteiger charge is 2.03. The second-order valence-corrected chi connectivity index (χ2v) is 4.24. The van der Waals surface area contributed by atoms with Gasteiger partial charge in [0.05, 0.1) is 13.2 Å². The van der Waals surface area contributed by atoms with Crippen LogP contribution >= 0.6 is 0 Å². The molecule has 4 heteroatoms. The van der Waals surface area contributed by atoms with Gasteiger partial charge < -0.3 is 10.5 Å². The third kappa shape index (κ3) is 3.89. The van der Waals surface area contributed by atoms with Crippen LogP contribution in [0.5, 0.6) is 0 Å². The van der Waals surface area contributed by atoms with Gasteiger partial charge >= 0.3 is 0 Å². The first-order valence-corrected chi connectivity index (χ1v) is 5.90. The van der Waals surface area contributed by atoms with E-state index in [-0.39, 0.29) is 12.4 Å². The van der Waals surface area contributed by atoms with Crippen molar-refractivity contribution >= 4 is 5.84 Å². The Morgan fingerprint density at radius 1 is 1.05 bits per heavy atom. The summed E-state index contributed by atoms with van der Waals surface area (Å²) in [5.74, 6) is -0.560. The number of hydrogen-bond donors (Lipinski definition) is 2. The number of nitrogen functional groups attached to an aromatic ring is 1. The maximum Gasteiger partial charge on any atom is 0.124 e. The SMILES string of the molecule is N=C(N)c1cc(F)cc(COCc2ccccc2)c1. The maximum absolute atomic E-state index is 13.3. The molecule has 0 heterocycles. The van der Waals surface area contributed by atoms with Gasteiger partial charge in [0.15, 0.2) is 0 Å². The van der Waals surface area contributed by atoms with Gasteiger partial charge in [-0.15, -0.1) is 0 Å². The molecule has 0 fully saturated rings. The molecular formula is C15H15FN2O. The molecule has 98 valence electrons. The van der Waals surface area contributed by atoms with Crippen molar-refractivity contribution in [3.8, 4) is 0 Å². The van der Waals surface area contributed by atoms with Crippen molar-refractivity contribution in [2.75, 3.05) is 0 Å². The van der Waals surface area contributed by atoms with E-state index in [0.717, 1.165) is 5.56 Å². The molecule has 3 nitrogen and oxygen atoms in total. The molecule has 0 amide bonds. The molecule has 0 aromatic heterocycles. The van der Waals surface area contributed by atoms with Crippen LogP contribution in [0.3, 0.4) is 0 Å². The molecule has 0 aliphatic carbocycles. The second-order valence-electron chi connectivity index (χ2n) is 4.24. The average Bonchev–Trinajstić information content (AvgIpc) is 2.39. The topological polar surface area (TPSA) is 59.1 Å². The summed E-state index contributed by atoms with van der Waals surface area (Å²) in [6.45, 7) is 0.750. The van der Waals surface area contributed by atoms with Gasteiger partial charge in [0.1, 0.15) is 11.7 Å². The van der Waals surface area contributed by atoms with Gasteiger partial charge in [-0.1, -0.05) is 30.3 Å². The van der Waals surface area contributed by atoms with E-state index in [1.54, 1.807) is 6.07 Å². The van der Waals surface area contributed by atoms with Crippen LogP contribution in [-0.2, 0) is 18.0 Å². The highest BCUT2D eigenvalue weighted by Crippen LogP contribution is 2.11.